The van der Waals surface area contributed by atoms with Gasteiger partial charge in [0.15, 0.2) is 6.20 Å². The molecule has 1 rings (SSSR count). The zero-order valence-electron chi connectivity index (χ0n) is 18.8. The molecular weight excluding hydrogens is 396 g/mol. The fraction of sp³-hybridized carbons (Fsp3) is 0.478. The summed E-state index contributed by atoms with van der Waals surface area (Å²) in [4.78, 5) is 35.6. The van der Waals surface area contributed by atoms with Gasteiger partial charge >= 0.3 is 6.09 Å². The predicted molar refractivity (Wildman–Crippen MR) is 120 cm³/mol. The Hall–Kier alpha value is -3.16. The maximum atomic E-state index is 12.2. The van der Waals surface area contributed by atoms with Gasteiger partial charge in [0.1, 0.15) is 12.8 Å². The number of amides is 3. The van der Waals surface area contributed by atoms with Gasteiger partial charge in [-0.2, -0.15) is 4.58 Å². The summed E-state index contributed by atoms with van der Waals surface area (Å²) in [6.45, 7) is 11.0. The highest BCUT2D eigenvalue weighted by Gasteiger charge is 2.23. The second-order valence-corrected chi connectivity index (χ2v) is 8.04. The first-order valence-electron chi connectivity index (χ1n) is 10.4. The van der Waals surface area contributed by atoms with Crippen molar-refractivity contribution < 1.29 is 23.7 Å². The third-order valence-electron chi connectivity index (χ3n) is 4.63. The molecule has 0 aromatic heterocycles. The van der Waals surface area contributed by atoms with E-state index in [-0.39, 0.29) is 30.5 Å². The van der Waals surface area contributed by atoms with Crippen molar-refractivity contribution >= 4 is 24.6 Å². The van der Waals surface area contributed by atoms with Crippen LogP contribution in [0.1, 0.15) is 39.7 Å². The molecule has 0 spiro atoms. The Morgan fingerprint density at radius 1 is 1.13 bits per heavy atom. The van der Waals surface area contributed by atoms with Crippen molar-refractivity contribution in [2.75, 3.05) is 6.73 Å². The summed E-state index contributed by atoms with van der Waals surface area (Å²) < 4.78 is 6.60. The molecule has 3 atom stereocenters. The Morgan fingerprint density at radius 2 is 1.77 bits per heavy atom. The zero-order valence-corrected chi connectivity index (χ0v) is 18.8. The summed E-state index contributed by atoms with van der Waals surface area (Å²) >= 11 is 0. The second kappa shape index (κ2) is 13.2. The van der Waals surface area contributed by atoms with Crippen molar-refractivity contribution in [1.29, 1.82) is 0 Å². The number of nitrogens with one attached hydrogen (secondary N) is 2. The van der Waals surface area contributed by atoms with Gasteiger partial charge in [-0.25, -0.2) is 4.79 Å². The molecule has 3 amide bonds. The molecule has 0 aliphatic heterocycles. The molecule has 1 unspecified atom stereocenters. The second-order valence-electron chi connectivity index (χ2n) is 8.04. The Kier molecular flexibility index (Phi) is 11.0. The zero-order chi connectivity index (χ0) is 23.4. The minimum Gasteiger partial charge on any atom is -0.388 e. The minimum atomic E-state index is -0.695. The van der Waals surface area contributed by atoms with E-state index in [2.05, 4.69) is 17.4 Å². The topological polar surface area (TPSA) is 114 Å². The molecule has 0 aliphatic carbocycles. The van der Waals surface area contributed by atoms with Crippen LogP contribution in [0.4, 0.5) is 4.79 Å². The van der Waals surface area contributed by atoms with Crippen molar-refractivity contribution in [1.82, 2.24) is 10.6 Å². The number of allylic oxidation sites excluding steroid dienone is 1. The SMILES string of the molecule is C=[N+](/C=C\CC(C)C(=O)N[C@H](C(N)=O)C(C)C)COC(=O)N[C@@H](C)Cc1ccccc1. The summed E-state index contributed by atoms with van der Waals surface area (Å²) in [5.74, 6) is -1.24. The molecule has 170 valence electrons. The number of hydrogen-bond donors (Lipinski definition) is 3. The summed E-state index contributed by atoms with van der Waals surface area (Å²) in [5, 5.41) is 5.45. The lowest BCUT2D eigenvalue weighted by Gasteiger charge is -2.20. The van der Waals surface area contributed by atoms with Crippen molar-refractivity contribution in [2.45, 2.75) is 52.6 Å². The number of alkyl carbamates (subject to hydrolysis) is 1. The molecule has 0 heterocycles. The molecule has 0 radical (unpaired) electrons. The van der Waals surface area contributed by atoms with E-state index in [4.69, 9.17) is 10.5 Å². The molecule has 8 heteroatoms. The Balaban J connectivity index is 2.33. The highest BCUT2D eigenvalue weighted by Crippen LogP contribution is 2.07. The van der Waals surface area contributed by atoms with Crippen molar-refractivity contribution in [3.63, 3.8) is 0 Å². The van der Waals surface area contributed by atoms with Gasteiger partial charge < -0.3 is 21.1 Å². The van der Waals surface area contributed by atoms with Gasteiger partial charge in [0.25, 0.3) is 6.73 Å². The average molecular weight is 432 g/mol. The van der Waals surface area contributed by atoms with E-state index >= 15 is 0 Å². The third-order valence-corrected chi connectivity index (χ3v) is 4.63. The van der Waals surface area contributed by atoms with Crippen LogP contribution in [0.5, 0.6) is 0 Å². The number of hydrogen-bond acceptors (Lipinski definition) is 4. The Bertz CT molecular complexity index is 777. The number of primary amides is 1. The predicted octanol–water partition coefficient (Wildman–Crippen LogP) is 2.18. The molecule has 0 saturated carbocycles. The van der Waals surface area contributed by atoms with E-state index in [9.17, 15) is 14.4 Å². The van der Waals surface area contributed by atoms with Crippen LogP contribution in [0.3, 0.4) is 0 Å². The molecule has 1 aromatic carbocycles. The van der Waals surface area contributed by atoms with Gasteiger partial charge in [0, 0.05) is 12.0 Å². The third kappa shape index (κ3) is 10.4. The standard InChI is InChI=1S/C23H34N4O4/c1-16(2)20(21(24)28)26-22(29)17(3)10-9-13-27(5)15-31-23(30)25-18(4)14-19-11-7-6-8-12-19/h6-9,11-13,16-18,20H,5,10,14-15H2,1-4H3,(H3-,24,25,26,28,29,30)/p+1/b13-9-/t17?,18-,20-/m0/s1. The minimum absolute atomic E-state index is 0.0297. The monoisotopic (exact) mass is 431 g/mol. The lowest BCUT2D eigenvalue weighted by molar-refractivity contribution is -0.488. The van der Waals surface area contributed by atoms with Gasteiger partial charge in [0.2, 0.25) is 11.8 Å². The summed E-state index contributed by atoms with van der Waals surface area (Å²) in [5.41, 5.74) is 6.45. The fourth-order valence-electron chi connectivity index (χ4n) is 2.83. The van der Waals surface area contributed by atoms with E-state index in [1.54, 1.807) is 19.2 Å². The molecule has 31 heavy (non-hydrogen) atoms. The Morgan fingerprint density at radius 3 is 2.35 bits per heavy atom. The van der Waals surface area contributed by atoms with Crippen LogP contribution in [-0.2, 0) is 20.7 Å². The molecule has 0 fully saturated rings. The van der Waals surface area contributed by atoms with Crippen LogP contribution in [0.2, 0.25) is 0 Å². The molecular formula is C23H35N4O4+. The van der Waals surface area contributed by atoms with Crippen LogP contribution in [0, 0.1) is 11.8 Å². The number of carbonyl (C=O) groups is 3. The average Bonchev–Trinajstić information content (AvgIpc) is 2.70. The number of nitrogens with two attached hydrogens (primary N) is 1. The lowest BCUT2D eigenvalue weighted by Crippen LogP contribution is -2.49. The number of carbonyl (C=O) groups excluding carboxylic acids is 3. The first kappa shape index (κ1) is 25.9. The lowest BCUT2D eigenvalue weighted by atomic mass is 10.0. The highest BCUT2D eigenvalue weighted by atomic mass is 16.6. The molecule has 0 saturated heterocycles. The number of ether oxygens (including phenoxy) is 1. The summed E-state index contributed by atoms with van der Waals surface area (Å²) in [6, 6.07) is 9.10. The molecule has 8 nitrogen and oxygen atoms in total. The van der Waals surface area contributed by atoms with Crippen LogP contribution < -0.4 is 16.4 Å². The van der Waals surface area contributed by atoms with Crippen LogP contribution in [0.15, 0.2) is 42.6 Å². The van der Waals surface area contributed by atoms with Crippen LogP contribution in [-0.4, -0.2) is 48.0 Å². The van der Waals surface area contributed by atoms with Gasteiger partial charge in [-0.3, -0.25) is 9.59 Å². The summed E-state index contributed by atoms with van der Waals surface area (Å²) in [6.07, 6.45) is 4.01. The Labute approximate surface area is 184 Å². The van der Waals surface area contributed by atoms with E-state index in [1.165, 1.54) is 4.58 Å². The smallest absolute Gasteiger partial charge is 0.388 e. The molecule has 0 aliphatic rings. The van der Waals surface area contributed by atoms with Crippen molar-refractivity contribution in [2.24, 2.45) is 17.6 Å². The fourth-order valence-corrected chi connectivity index (χ4v) is 2.83. The first-order chi connectivity index (χ1) is 14.6. The summed E-state index contributed by atoms with van der Waals surface area (Å²) in [7, 11) is 0. The van der Waals surface area contributed by atoms with Crippen molar-refractivity contribution in [3.05, 3.63) is 48.2 Å². The maximum Gasteiger partial charge on any atom is 0.412 e. The van der Waals surface area contributed by atoms with Gasteiger partial charge in [-0.1, -0.05) is 51.1 Å². The molecule has 4 N–H and O–H groups in total. The van der Waals surface area contributed by atoms with Gasteiger partial charge in [-0.05, 0) is 37.3 Å². The molecule has 1 aromatic rings. The van der Waals surface area contributed by atoms with Gasteiger partial charge in [0.05, 0.1) is 0 Å². The van der Waals surface area contributed by atoms with Gasteiger partial charge in [-0.15, -0.1) is 0 Å². The van der Waals surface area contributed by atoms with Crippen molar-refractivity contribution in [3.8, 4) is 0 Å². The number of nitrogens with zero attached hydrogens (tertiary/aromatic N) is 1. The van der Waals surface area contributed by atoms with E-state index in [0.717, 1.165) is 5.56 Å². The number of rotatable bonds is 12. The van der Waals surface area contributed by atoms with Crippen LogP contribution >= 0.6 is 0 Å². The number of benzene rings is 1. The highest BCUT2D eigenvalue weighted by molar-refractivity contribution is 5.87. The normalized spacial score (nSPS) is 14.0. The quantitative estimate of drug-likeness (QED) is 0.267. The van der Waals surface area contributed by atoms with Crippen LogP contribution in [0.25, 0.3) is 0 Å². The van der Waals surface area contributed by atoms with E-state index < -0.39 is 18.0 Å². The first-order valence-corrected chi connectivity index (χ1v) is 10.4. The van der Waals surface area contributed by atoms with E-state index in [1.807, 2.05) is 51.1 Å². The van der Waals surface area contributed by atoms with E-state index in [0.29, 0.717) is 12.8 Å². The largest absolute Gasteiger partial charge is 0.412 e. The molecule has 0 bridgehead atoms. The maximum absolute atomic E-state index is 12.2.